The van der Waals surface area contributed by atoms with Crippen LogP contribution in [0.3, 0.4) is 0 Å². The predicted octanol–water partition coefficient (Wildman–Crippen LogP) is 3.78. The molecular formula is C21H22FN5OS2. The minimum Gasteiger partial charge on any atom is -0.610 e. The smallest absolute Gasteiger partial charge is 0.252 e. The average Bonchev–Trinajstić information content (AvgIpc) is 2.79. The van der Waals surface area contributed by atoms with E-state index in [2.05, 4.69) is 25.5 Å². The van der Waals surface area contributed by atoms with E-state index in [1.807, 2.05) is 6.07 Å². The monoisotopic (exact) mass is 443 g/mol. The molecule has 1 fully saturated rings. The maximum atomic E-state index is 14.9. The number of nitrogens with two attached hydrogens (primary N) is 1. The average molecular weight is 444 g/mol. The summed E-state index contributed by atoms with van der Waals surface area (Å²) in [5.74, 6) is -0.151. The highest BCUT2D eigenvalue weighted by molar-refractivity contribution is 7.96. The third-order valence-corrected chi connectivity index (χ3v) is 7.82. The fraction of sp³-hybridized carbons (Fsp3) is 0.286. The van der Waals surface area contributed by atoms with E-state index in [0.29, 0.717) is 27.4 Å². The summed E-state index contributed by atoms with van der Waals surface area (Å²) >= 11 is 0.463. The summed E-state index contributed by atoms with van der Waals surface area (Å²) in [6, 6.07) is 8.51. The number of rotatable bonds is 5. The SMILES string of the molecule is CSN1CCC([S+]([O-])c2ncccc2-c2ccc(-c3cnc(N)cn3)c(F)c2)CC1. The molecular weight excluding hydrogens is 421 g/mol. The number of anilines is 1. The molecule has 1 aliphatic heterocycles. The molecule has 0 radical (unpaired) electrons. The van der Waals surface area contributed by atoms with Crippen LogP contribution in [0.1, 0.15) is 12.8 Å². The van der Waals surface area contributed by atoms with Gasteiger partial charge in [-0.3, -0.25) is 9.29 Å². The molecule has 6 nitrogen and oxygen atoms in total. The normalized spacial score (nSPS) is 16.5. The molecule has 0 aliphatic carbocycles. The van der Waals surface area contributed by atoms with Crippen molar-refractivity contribution in [3.05, 3.63) is 54.7 Å². The first kappa shape index (κ1) is 21.0. The highest BCUT2D eigenvalue weighted by atomic mass is 32.2. The van der Waals surface area contributed by atoms with Gasteiger partial charge in [-0.2, -0.15) is 0 Å². The van der Waals surface area contributed by atoms with E-state index in [1.165, 1.54) is 18.5 Å². The number of hydrogen-bond acceptors (Lipinski definition) is 7. The van der Waals surface area contributed by atoms with Gasteiger partial charge in [-0.15, -0.1) is 0 Å². The van der Waals surface area contributed by atoms with Gasteiger partial charge in [0, 0.05) is 48.9 Å². The van der Waals surface area contributed by atoms with Crippen LogP contribution in [0.2, 0.25) is 0 Å². The van der Waals surface area contributed by atoms with E-state index in [4.69, 9.17) is 5.73 Å². The highest BCUT2D eigenvalue weighted by Gasteiger charge is 2.32. The molecule has 1 saturated heterocycles. The molecule has 0 saturated carbocycles. The summed E-state index contributed by atoms with van der Waals surface area (Å²) in [5, 5.41) is 0.566. The Kier molecular flexibility index (Phi) is 6.52. The van der Waals surface area contributed by atoms with Gasteiger partial charge in [-0.1, -0.05) is 18.0 Å². The Bertz CT molecular complexity index is 1010. The van der Waals surface area contributed by atoms with Crippen LogP contribution in [-0.2, 0) is 11.2 Å². The molecule has 4 rings (SSSR count). The Morgan fingerprint density at radius 3 is 2.60 bits per heavy atom. The van der Waals surface area contributed by atoms with Crippen molar-refractivity contribution in [3.63, 3.8) is 0 Å². The summed E-state index contributed by atoms with van der Waals surface area (Å²) < 4.78 is 30.5. The van der Waals surface area contributed by atoms with Gasteiger partial charge in [0.2, 0.25) is 0 Å². The Balaban J connectivity index is 1.62. The maximum absolute atomic E-state index is 14.9. The Morgan fingerprint density at radius 1 is 1.13 bits per heavy atom. The number of aromatic nitrogens is 3. The summed E-state index contributed by atoms with van der Waals surface area (Å²) in [4.78, 5) is 12.5. The van der Waals surface area contributed by atoms with E-state index >= 15 is 0 Å². The molecule has 1 aliphatic rings. The van der Waals surface area contributed by atoms with Crippen LogP contribution in [0.15, 0.2) is 53.9 Å². The number of halogens is 1. The fourth-order valence-electron chi connectivity index (χ4n) is 3.52. The number of nitrogens with zero attached hydrogens (tertiary/aromatic N) is 4. The lowest BCUT2D eigenvalue weighted by Gasteiger charge is -2.30. The second kappa shape index (κ2) is 9.30. The van der Waals surface area contributed by atoms with Crippen LogP contribution in [0.5, 0.6) is 0 Å². The molecule has 2 aromatic heterocycles. The van der Waals surface area contributed by atoms with Crippen molar-refractivity contribution in [1.82, 2.24) is 19.3 Å². The van der Waals surface area contributed by atoms with Crippen LogP contribution >= 0.6 is 11.9 Å². The topological polar surface area (TPSA) is 91.0 Å². The molecule has 0 spiro atoms. The predicted molar refractivity (Wildman–Crippen MR) is 120 cm³/mol. The van der Waals surface area contributed by atoms with Crippen LogP contribution in [0.4, 0.5) is 10.2 Å². The molecule has 156 valence electrons. The van der Waals surface area contributed by atoms with Crippen LogP contribution in [0, 0.1) is 5.82 Å². The lowest BCUT2D eigenvalue weighted by molar-refractivity contribution is 0.378. The Hall–Kier alpha value is -2.20. The summed E-state index contributed by atoms with van der Waals surface area (Å²) in [5.41, 5.74) is 7.63. The standard InChI is InChI=1S/C21H22FN5OS2/c1-29-27-9-6-15(7-10-27)30(28)21-16(3-2-8-24-21)14-4-5-17(18(22)11-14)19-12-26-20(23)13-25-19/h2-5,8,11-13,15H,6-7,9-10H2,1H3,(H2,23,26). The molecule has 1 unspecified atom stereocenters. The number of nitrogen functional groups attached to an aromatic ring is 1. The second-order valence-corrected chi connectivity index (χ2v) is 9.52. The molecule has 3 aromatic rings. The van der Waals surface area contributed by atoms with E-state index in [9.17, 15) is 8.94 Å². The van der Waals surface area contributed by atoms with E-state index in [1.54, 1.807) is 36.3 Å². The van der Waals surface area contributed by atoms with E-state index in [0.717, 1.165) is 25.9 Å². The van der Waals surface area contributed by atoms with Crippen molar-refractivity contribution in [1.29, 1.82) is 0 Å². The number of hydrogen-bond donors (Lipinski definition) is 1. The zero-order valence-corrected chi connectivity index (χ0v) is 18.1. The second-order valence-electron chi connectivity index (χ2n) is 6.99. The zero-order valence-electron chi connectivity index (χ0n) is 16.5. The highest BCUT2D eigenvalue weighted by Crippen LogP contribution is 2.33. The molecule has 0 bridgehead atoms. The molecule has 1 atom stereocenters. The van der Waals surface area contributed by atoms with Crippen molar-refractivity contribution >= 4 is 28.9 Å². The van der Waals surface area contributed by atoms with E-state index < -0.39 is 17.0 Å². The first-order valence-electron chi connectivity index (χ1n) is 9.59. The Morgan fingerprint density at radius 2 is 1.93 bits per heavy atom. The van der Waals surface area contributed by atoms with Gasteiger partial charge in [0.05, 0.1) is 23.7 Å². The number of benzene rings is 1. The summed E-state index contributed by atoms with van der Waals surface area (Å²) in [7, 11) is 0. The fourth-order valence-corrected chi connectivity index (χ4v) is 5.62. The largest absolute Gasteiger partial charge is 0.610 e. The van der Waals surface area contributed by atoms with Gasteiger partial charge < -0.3 is 10.3 Å². The minimum atomic E-state index is -1.26. The number of piperidine rings is 1. The van der Waals surface area contributed by atoms with Crippen molar-refractivity contribution in [2.75, 3.05) is 25.1 Å². The quantitative estimate of drug-likeness (QED) is 0.474. The summed E-state index contributed by atoms with van der Waals surface area (Å²) in [6.45, 7) is 1.82. The van der Waals surface area contributed by atoms with Crippen molar-refractivity contribution in [2.24, 2.45) is 0 Å². The minimum absolute atomic E-state index is 0.0521. The molecule has 30 heavy (non-hydrogen) atoms. The van der Waals surface area contributed by atoms with Crippen molar-refractivity contribution in [3.8, 4) is 22.4 Å². The molecule has 0 amide bonds. The van der Waals surface area contributed by atoms with Crippen LogP contribution in [0.25, 0.3) is 22.4 Å². The van der Waals surface area contributed by atoms with Gasteiger partial charge in [0.15, 0.2) is 0 Å². The third kappa shape index (κ3) is 4.44. The van der Waals surface area contributed by atoms with Gasteiger partial charge in [-0.05, 0) is 36.1 Å². The lowest BCUT2D eigenvalue weighted by atomic mass is 10.0. The van der Waals surface area contributed by atoms with Gasteiger partial charge in [-0.25, -0.2) is 14.4 Å². The Labute approximate surface area is 182 Å². The lowest BCUT2D eigenvalue weighted by Crippen LogP contribution is -2.36. The van der Waals surface area contributed by atoms with Crippen molar-refractivity contribution < 1.29 is 8.94 Å². The summed E-state index contributed by atoms with van der Waals surface area (Å²) in [6.07, 6.45) is 8.25. The molecule has 2 N–H and O–H groups in total. The molecule has 9 heteroatoms. The van der Waals surface area contributed by atoms with Crippen LogP contribution < -0.4 is 5.73 Å². The molecule has 3 heterocycles. The molecule has 1 aromatic carbocycles. The third-order valence-electron chi connectivity index (χ3n) is 5.15. The number of pyridine rings is 1. The zero-order chi connectivity index (χ0) is 21.1. The van der Waals surface area contributed by atoms with Crippen LogP contribution in [-0.4, -0.2) is 48.4 Å². The van der Waals surface area contributed by atoms with E-state index in [-0.39, 0.29) is 11.1 Å². The van der Waals surface area contributed by atoms with Gasteiger partial charge in [0.1, 0.15) is 16.9 Å². The maximum Gasteiger partial charge on any atom is 0.252 e. The van der Waals surface area contributed by atoms with Crippen molar-refractivity contribution in [2.45, 2.75) is 23.1 Å². The first-order valence-corrected chi connectivity index (χ1v) is 12.0. The van der Waals surface area contributed by atoms with Gasteiger partial charge in [0.25, 0.3) is 5.03 Å². The van der Waals surface area contributed by atoms with Gasteiger partial charge >= 0.3 is 0 Å². The first-order chi connectivity index (χ1) is 14.6.